The van der Waals surface area contributed by atoms with Crippen molar-refractivity contribution in [2.75, 3.05) is 51.2 Å². The average Bonchev–Trinajstić information content (AvgIpc) is 3.21. The molecule has 5 rings (SSSR count). The third-order valence-electron chi connectivity index (χ3n) is 7.64. The fraction of sp³-hybridized carbons (Fsp3) is 0.379. The summed E-state index contributed by atoms with van der Waals surface area (Å²) in [4.78, 5) is 21.4. The van der Waals surface area contributed by atoms with Crippen LogP contribution in [-0.4, -0.2) is 71.2 Å². The predicted octanol–water partition coefficient (Wildman–Crippen LogP) is 3.25. The molecule has 0 aliphatic carbocycles. The Morgan fingerprint density at radius 3 is 2.50 bits per heavy atom. The van der Waals surface area contributed by atoms with Gasteiger partial charge in [0.2, 0.25) is 0 Å². The zero-order chi connectivity index (χ0) is 28.5. The van der Waals surface area contributed by atoms with E-state index in [9.17, 15) is 13.2 Å². The van der Waals surface area contributed by atoms with E-state index in [2.05, 4.69) is 10.2 Å². The summed E-state index contributed by atoms with van der Waals surface area (Å²) in [6.45, 7) is 5.93. The monoisotopic (exact) mass is 568 g/mol. The number of amides is 1. The topological polar surface area (TPSA) is 101 Å². The molecule has 1 N–H and O–H groups in total. The molecule has 0 bridgehead atoms. The zero-order valence-electron chi connectivity index (χ0n) is 22.8. The lowest BCUT2D eigenvalue weighted by Gasteiger charge is -2.31. The minimum Gasteiger partial charge on any atom is -0.497 e. The number of aryl methyl sites for hydroxylation is 1. The highest BCUT2D eigenvalue weighted by Gasteiger charge is 2.58. The maximum Gasteiger partial charge on any atom is 0.274 e. The smallest absolute Gasteiger partial charge is 0.274 e. The lowest BCUT2D eigenvalue weighted by Crippen LogP contribution is -2.46. The maximum atomic E-state index is 15.6. The van der Waals surface area contributed by atoms with Gasteiger partial charge in [-0.05, 0) is 56.6 Å². The van der Waals surface area contributed by atoms with Gasteiger partial charge >= 0.3 is 0 Å². The Kier molecular flexibility index (Phi) is 7.80. The first-order chi connectivity index (χ1) is 19.2. The second-order valence-electron chi connectivity index (χ2n) is 9.99. The molecule has 1 unspecified atom stereocenters. The molecule has 1 saturated heterocycles. The zero-order valence-corrected chi connectivity index (χ0v) is 23.6. The van der Waals surface area contributed by atoms with Gasteiger partial charge < -0.3 is 19.7 Å². The van der Waals surface area contributed by atoms with E-state index in [0.717, 1.165) is 30.5 Å². The molecule has 2 aliphatic rings. The number of sulfonamides is 1. The van der Waals surface area contributed by atoms with Crippen molar-refractivity contribution in [2.45, 2.75) is 30.1 Å². The van der Waals surface area contributed by atoms with Crippen LogP contribution in [0.2, 0.25) is 0 Å². The standard InChI is InChI=1S/C29H33FN4O5S/c1-20-9-11-24-27(32-20)29(22-7-4-5-8-23(22)30,13-6-16-33-17-14-31-15-18-33)28(35)34(24)40(36,37)26-12-10-21(38-2)19-25(26)39-3/h4-5,7-12,19,31H,6,13-18H2,1-3H3. The van der Waals surface area contributed by atoms with Crippen LogP contribution in [0.25, 0.3) is 0 Å². The molecule has 1 atom stereocenters. The highest BCUT2D eigenvalue weighted by atomic mass is 32.2. The Morgan fingerprint density at radius 2 is 1.80 bits per heavy atom. The van der Waals surface area contributed by atoms with Crippen molar-refractivity contribution in [3.8, 4) is 11.5 Å². The Bertz CT molecular complexity index is 1530. The van der Waals surface area contributed by atoms with Gasteiger partial charge in [-0.15, -0.1) is 0 Å². The fourth-order valence-corrected chi connectivity index (χ4v) is 7.26. The summed E-state index contributed by atoms with van der Waals surface area (Å²) in [6.07, 6.45) is 0.723. The third-order valence-corrected chi connectivity index (χ3v) is 9.38. The summed E-state index contributed by atoms with van der Waals surface area (Å²) in [5, 5.41) is 3.32. The summed E-state index contributed by atoms with van der Waals surface area (Å²) in [5.74, 6) is -0.928. The molecular formula is C29H33FN4O5S. The Balaban J connectivity index is 1.66. The van der Waals surface area contributed by atoms with E-state index >= 15 is 4.39 Å². The molecule has 2 aliphatic heterocycles. The molecular weight excluding hydrogens is 535 g/mol. The van der Waals surface area contributed by atoms with Crippen molar-refractivity contribution in [2.24, 2.45) is 0 Å². The van der Waals surface area contributed by atoms with E-state index in [1.54, 1.807) is 37.3 Å². The van der Waals surface area contributed by atoms with Crippen molar-refractivity contribution < 1.29 is 27.1 Å². The summed E-state index contributed by atoms with van der Waals surface area (Å²) in [7, 11) is -1.69. The number of nitrogens with zero attached hydrogens (tertiary/aromatic N) is 3. The number of anilines is 1. The fourth-order valence-electron chi connectivity index (χ4n) is 5.65. The van der Waals surface area contributed by atoms with Gasteiger partial charge in [-0.25, -0.2) is 12.8 Å². The van der Waals surface area contributed by atoms with Crippen LogP contribution in [0.1, 0.15) is 29.8 Å². The van der Waals surface area contributed by atoms with Crippen LogP contribution in [0.3, 0.4) is 0 Å². The maximum absolute atomic E-state index is 15.6. The molecule has 0 spiro atoms. The minimum absolute atomic E-state index is 0.0240. The van der Waals surface area contributed by atoms with E-state index in [1.807, 2.05) is 0 Å². The first-order valence-corrected chi connectivity index (χ1v) is 14.7. The van der Waals surface area contributed by atoms with Gasteiger partial charge in [-0.1, -0.05) is 18.2 Å². The van der Waals surface area contributed by atoms with Crippen LogP contribution in [0.15, 0.2) is 59.5 Å². The Labute approximate surface area is 234 Å². The van der Waals surface area contributed by atoms with Crippen molar-refractivity contribution >= 4 is 21.6 Å². The third kappa shape index (κ3) is 4.71. The number of hydrogen-bond donors (Lipinski definition) is 1. The predicted molar refractivity (Wildman–Crippen MR) is 149 cm³/mol. The van der Waals surface area contributed by atoms with Crippen LogP contribution >= 0.6 is 0 Å². The molecule has 3 heterocycles. The SMILES string of the molecule is COc1ccc(S(=O)(=O)N2C(=O)C(CCCN3CCNCC3)(c3ccccc3F)c3nc(C)ccc32)c(OC)c1. The van der Waals surface area contributed by atoms with E-state index in [-0.39, 0.29) is 34.0 Å². The number of carbonyl (C=O) groups excluding carboxylic acids is 1. The number of methoxy groups -OCH3 is 2. The molecule has 212 valence electrons. The van der Waals surface area contributed by atoms with Crippen LogP contribution in [-0.2, 0) is 20.2 Å². The number of fused-ring (bicyclic) bond motifs is 1. The van der Waals surface area contributed by atoms with Crippen LogP contribution in [0.5, 0.6) is 11.5 Å². The number of aromatic nitrogens is 1. The molecule has 0 saturated carbocycles. The Hall–Kier alpha value is -3.54. The molecule has 2 aromatic carbocycles. The molecule has 0 radical (unpaired) electrons. The number of hydrogen-bond acceptors (Lipinski definition) is 8. The average molecular weight is 569 g/mol. The molecule has 1 amide bonds. The lowest BCUT2D eigenvalue weighted by molar-refractivity contribution is -0.121. The summed E-state index contributed by atoms with van der Waals surface area (Å²) in [6, 6.07) is 13.5. The molecule has 3 aromatic rings. The Morgan fingerprint density at radius 1 is 1.05 bits per heavy atom. The van der Waals surface area contributed by atoms with Gasteiger partial charge in [-0.2, -0.15) is 4.31 Å². The molecule has 1 fully saturated rings. The van der Waals surface area contributed by atoms with Crippen LogP contribution < -0.4 is 19.1 Å². The number of halogens is 1. The number of carbonyl (C=O) groups is 1. The second-order valence-corrected chi connectivity index (χ2v) is 11.7. The number of nitrogens with one attached hydrogen (secondary N) is 1. The van der Waals surface area contributed by atoms with Crippen LogP contribution in [0.4, 0.5) is 10.1 Å². The van der Waals surface area contributed by atoms with Crippen molar-refractivity contribution in [1.29, 1.82) is 0 Å². The van der Waals surface area contributed by atoms with Crippen LogP contribution in [0, 0.1) is 12.7 Å². The van der Waals surface area contributed by atoms with Gasteiger partial charge in [0.25, 0.3) is 15.9 Å². The van der Waals surface area contributed by atoms with Gasteiger partial charge in [0, 0.05) is 43.5 Å². The van der Waals surface area contributed by atoms with Crippen molar-refractivity contribution in [3.05, 3.63) is 77.4 Å². The van der Waals surface area contributed by atoms with E-state index in [1.165, 1.54) is 38.5 Å². The normalized spacial score (nSPS) is 19.5. The number of pyridine rings is 1. The number of ether oxygens (including phenoxy) is 2. The summed E-state index contributed by atoms with van der Waals surface area (Å²) < 4.78 is 55.5. The van der Waals surface area contributed by atoms with E-state index < -0.39 is 27.2 Å². The number of piperazine rings is 1. The van der Waals surface area contributed by atoms with Gasteiger partial charge in [-0.3, -0.25) is 9.78 Å². The molecule has 11 heteroatoms. The number of benzene rings is 2. The molecule has 40 heavy (non-hydrogen) atoms. The van der Waals surface area contributed by atoms with Gasteiger partial charge in [0.15, 0.2) is 0 Å². The van der Waals surface area contributed by atoms with Gasteiger partial charge in [0.05, 0.1) is 25.6 Å². The highest BCUT2D eigenvalue weighted by Crippen LogP contribution is 2.51. The van der Waals surface area contributed by atoms with Gasteiger partial charge in [0.1, 0.15) is 27.6 Å². The van der Waals surface area contributed by atoms with E-state index in [0.29, 0.717) is 24.4 Å². The summed E-state index contributed by atoms with van der Waals surface area (Å²) in [5.41, 5.74) is -0.583. The van der Waals surface area contributed by atoms with Crippen molar-refractivity contribution in [3.63, 3.8) is 0 Å². The first kappa shape index (κ1) is 28.0. The quantitative estimate of drug-likeness (QED) is 0.420. The molecule has 9 nitrogen and oxygen atoms in total. The van der Waals surface area contributed by atoms with Crippen molar-refractivity contribution in [1.82, 2.24) is 15.2 Å². The second kappa shape index (κ2) is 11.1. The van der Waals surface area contributed by atoms with E-state index in [4.69, 9.17) is 14.5 Å². The first-order valence-electron chi connectivity index (χ1n) is 13.2. The molecule has 1 aromatic heterocycles. The summed E-state index contributed by atoms with van der Waals surface area (Å²) >= 11 is 0. The lowest BCUT2D eigenvalue weighted by atomic mass is 9.74. The number of rotatable bonds is 9. The largest absolute Gasteiger partial charge is 0.497 e. The highest BCUT2D eigenvalue weighted by molar-refractivity contribution is 7.93. The minimum atomic E-state index is -4.50.